The molecule has 0 aliphatic rings. The molecular formula is C41H77NO9. The van der Waals surface area contributed by atoms with Crippen molar-refractivity contribution in [2.24, 2.45) is 38.9 Å². The zero-order valence-electron chi connectivity index (χ0n) is 35.6. The molecule has 0 radical (unpaired) electrons. The van der Waals surface area contributed by atoms with Crippen LogP contribution in [0.2, 0.25) is 0 Å². The monoisotopic (exact) mass is 728 g/mol. The van der Waals surface area contributed by atoms with Crippen molar-refractivity contribution in [3.8, 4) is 0 Å². The van der Waals surface area contributed by atoms with Gasteiger partial charge in [-0.05, 0) is 82.0 Å². The van der Waals surface area contributed by atoms with Crippen molar-refractivity contribution in [2.45, 2.75) is 168 Å². The molecule has 300 valence electrons. The van der Waals surface area contributed by atoms with Crippen LogP contribution in [0.4, 0.5) is 0 Å². The number of hydrogen-bond donors (Lipinski definition) is 1. The maximum atomic E-state index is 13.6. The zero-order valence-corrected chi connectivity index (χ0v) is 35.6. The Kier molecular flexibility index (Phi) is 20.0. The van der Waals surface area contributed by atoms with E-state index in [-0.39, 0.29) is 61.6 Å². The van der Waals surface area contributed by atoms with Crippen LogP contribution in [0, 0.1) is 38.9 Å². The quantitative estimate of drug-likeness (QED) is 0.0725. The lowest BCUT2D eigenvalue weighted by atomic mass is 9.69. The summed E-state index contributed by atoms with van der Waals surface area (Å²) in [5, 5.41) is 3.72. The van der Waals surface area contributed by atoms with Gasteiger partial charge in [-0.15, -0.1) is 0 Å². The van der Waals surface area contributed by atoms with Crippen molar-refractivity contribution in [2.75, 3.05) is 33.0 Å². The van der Waals surface area contributed by atoms with Crippen LogP contribution in [-0.4, -0.2) is 75.1 Å². The van der Waals surface area contributed by atoms with Crippen molar-refractivity contribution < 1.29 is 42.9 Å². The molecular weight excluding hydrogens is 650 g/mol. The molecule has 0 spiro atoms. The lowest BCUT2D eigenvalue weighted by Gasteiger charge is -2.38. The number of esters is 4. The van der Waals surface area contributed by atoms with Crippen LogP contribution in [-0.2, 0) is 42.9 Å². The first-order valence-electron chi connectivity index (χ1n) is 19.2. The third kappa shape index (κ3) is 17.9. The van der Waals surface area contributed by atoms with Crippen LogP contribution in [0.25, 0.3) is 0 Å². The van der Waals surface area contributed by atoms with Crippen LogP contribution in [0.15, 0.2) is 0 Å². The number of carbonyl (C=O) groups excluding carboxylic acids is 4. The standard InChI is InChI=1S/C41H77NO9/c1-18-33(43)48-24-31(50-35(45)38(10,11)21-20-37(8,9)30(7)42-27-41(16,17)29(5)6)22-47-23-32(25-49-34(44)19-2)51-36(46)40(14,15)26-39(12,13)28(3)4/h28-32,42H,18-27H2,1-17H3. The SMILES string of the molecule is CCC(=O)OCC(COCC(COC(=O)CC)OC(=O)C(C)(C)CC(C)(C)C(C)C)OC(=O)C(C)(C)CCC(C)(C)C(C)NCC(C)(C)C(C)C. The smallest absolute Gasteiger partial charge is 0.312 e. The molecule has 10 heteroatoms. The van der Waals surface area contributed by atoms with Gasteiger partial charge in [0.05, 0.1) is 24.0 Å². The number of hydrogen-bond acceptors (Lipinski definition) is 10. The van der Waals surface area contributed by atoms with Gasteiger partial charge in [0.1, 0.15) is 13.2 Å². The van der Waals surface area contributed by atoms with Crippen molar-refractivity contribution in [1.29, 1.82) is 0 Å². The van der Waals surface area contributed by atoms with Crippen molar-refractivity contribution in [3.05, 3.63) is 0 Å². The Labute approximate surface area is 311 Å². The Morgan fingerprint density at radius 2 is 0.961 bits per heavy atom. The molecule has 3 unspecified atom stereocenters. The number of rotatable bonds is 25. The van der Waals surface area contributed by atoms with E-state index >= 15 is 0 Å². The first-order valence-corrected chi connectivity index (χ1v) is 19.2. The Morgan fingerprint density at radius 1 is 0.549 bits per heavy atom. The van der Waals surface area contributed by atoms with Gasteiger partial charge in [0.2, 0.25) is 0 Å². The largest absolute Gasteiger partial charge is 0.462 e. The summed E-state index contributed by atoms with van der Waals surface area (Å²) in [5.41, 5.74) is -1.65. The summed E-state index contributed by atoms with van der Waals surface area (Å²) in [5.74, 6) is -0.805. The summed E-state index contributed by atoms with van der Waals surface area (Å²) in [6.07, 6.45) is 0.540. The maximum Gasteiger partial charge on any atom is 0.312 e. The molecule has 0 fully saturated rings. The summed E-state index contributed by atoms with van der Waals surface area (Å²) in [7, 11) is 0. The van der Waals surface area contributed by atoms with Gasteiger partial charge in [0, 0.05) is 25.4 Å². The number of nitrogens with one attached hydrogen (secondary N) is 1. The highest BCUT2D eigenvalue weighted by molar-refractivity contribution is 5.76. The lowest BCUT2D eigenvalue weighted by Crippen LogP contribution is -2.45. The second kappa shape index (κ2) is 20.9. The van der Waals surface area contributed by atoms with Gasteiger partial charge >= 0.3 is 23.9 Å². The van der Waals surface area contributed by atoms with E-state index in [1.165, 1.54) is 0 Å². The lowest BCUT2D eigenvalue weighted by molar-refractivity contribution is -0.177. The molecule has 0 aliphatic heterocycles. The molecule has 3 atom stereocenters. The first kappa shape index (κ1) is 48.8. The van der Waals surface area contributed by atoms with Crippen LogP contribution in [0.1, 0.15) is 150 Å². The molecule has 1 N–H and O–H groups in total. The normalized spacial score (nSPS) is 15.0. The van der Waals surface area contributed by atoms with Gasteiger partial charge in [0.25, 0.3) is 0 Å². The zero-order chi connectivity index (χ0) is 40.0. The Bertz CT molecular complexity index is 1090. The van der Waals surface area contributed by atoms with Gasteiger partial charge in [-0.3, -0.25) is 19.2 Å². The molecule has 0 bridgehead atoms. The number of ether oxygens (including phenoxy) is 5. The Balaban J connectivity index is 5.69. The van der Waals surface area contributed by atoms with Gasteiger partial charge in [-0.2, -0.15) is 0 Å². The summed E-state index contributed by atoms with van der Waals surface area (Å²) in [6, 6.07) is 0.225. The van der Waals surface area contributed by atoms with Crippen LogP contribution < -0.4 is 5.32 Å². The molecule has 0 heterocycles. The van der Waals surface area contributed by atoms with Crippen molar-refractivity contribution >= 4 is 23.9 Å². The highest BCUT2D eigenvalue weighted by Crippen LogP contribution is 2.40. The minimum Gasteiger partial charge on any atom is -0.462 e. The molecule has 0 aromatic heterocycles. The van der Waals surface area contributed by atoms with Gasteiger partial charge in [0.15, 0.2) is 12.2 Å². The van der Waals surface area contributed by atoms with Crippen LogP contribution in [0.5, 0.6) is 0 Å². The van der Waals surface area contributed by atoms with E-state index in [1.807, 2.05) is 27.7 Å². The predicted molar refractivity (Wildman–Crippen MR) is 203 cm³/mol. The fraction of sp³-hybridized carbons (Fsp3) is 0.902. The van der Waals surface area contributed by atoms with E-state index < -0.39 is 46.9 Å². The molecule has 0 aromatic rings. The predicted octanol–water partition coefficient (Wildman–Crippen LogP) is 8.32. The topological polar surface area (TPSA) is 126 Å². The summed E-state index contributed by atoms with van der Waals surface area (Å²) < 4.78 is 28.4. The van der Waals surface area contributed by atoms with E-state index in [2.05, 4.69) is 81.5 Å². The minimum atomic E-state index is -0.892. The average molecular weight is 728 g/mol. The first-order chi connectivity index (χ1) is 23.1. The molecule has 0 aliphatic carbocycles. The summed E-state index contributed by atoms with van der Waals surface area (Å²) in [6.45, 7) is 35.2. The van der Waals surface area contributed by atoms with E-state index in [0.29, 0.717) is 24.7 Å². The fourth-order valence-electron chi connectivity index (χ4n) is 5.03. The summed E-state index contributed by atoms with van der Waals surface area (Å²) in [4.78, 5) is 51.0. The summed E-state index contributed by atoms with van der Waals surface area (Å²) >= 11 is 0. The third-order valence-electron chi connectivity index (χ3n) is 11.2. The minimum absolute atomic E-state index is 0.0867. The molecule has 0 aromatic carbocycles. The van der Waals surface area contributed by atoms with Crippen molar-refractivity contribution in [3.63, 3.8) is 0 Å². The highest BCUT2D eigenvalue weighted by atomic mass is 16.6. The molecule has 0 saturated heterocycles. The van der Waals surface area contributed by atoms with Gasteiger partial charge in [-0.1, -0.05) is 83.1 Å². The average Bonchev–Trinajstić information content (AvgIpc) is 3.02. The van der Waals surface area contributed by atoms with E-state index in [9.17, 15) is 19.2 Å². The van der Waals surface area contributed by atoms with Gasteiger partial charge in [-0.25, -0.2) is 0 Å². The molecule has 0 amide bonds. The van der Waals surface area contributed by atoms with Crippen molar-refractivity contribution in [1.82, 2.24) is 5.32 Å². The second-order valence-electron chi connectivity index (χ2n) is 18.5. The molecule has 10 nitrogen and oxygen atoms in total. The van der Waals surface area contributed by atoms with Crippen LogP contribution >= 0.6 is 0 Å². The fourth-order valence-corrected chi connectivity index (χ4v) is 5.03. The maximum absolute atomic E-state index is 13.6. The van der Waals surface area contributed by atoms with E-state index in [1.54, 1.807) is 13.8 Å². The van der Waals surface area contributed by atoms with Gasteiger partial charge < -0.3 is 29.0 Å². The van der Waals surface area contributed by atoms with E-state index in [4.69, 9.17) is 23.7 Å². The van der Waals surface area contributed by atoms with Crippen LogP contribution in [0.3, 0.4) is 0 Å². The Morgan fingerprint density at radius 3 is 1.35 bits per heavy atom. The molecule has 0 rings (SSSR count). The van der Waals surface area contributed by atoms with E-state index in [0.717, 1.165) is 13.0 Å². The molecule has 0 saturated carbocycles. The Hall–Kier alpha value is -2.20. The third-order valence-corrected chi connectivity index (χ3v) is 11.2. The molecule has 51 heavy (non-hydrogen) atoms. The number of carbonyl (C=O) groups is 4. The highest BCUT2D eigenvalue weighted by Gasteiger charge is 2.39. The second-order valence-corrected chi connectivity index (χ2v) is 18.5.